The first-order chi connectivity index (χ1) is 13.3. The number of carbonyl (C=O) groups excluding carboxylic acids is 1. The normalized spacial score (nSPS) is 11.9. The van der Waals surface area contributed by atoms with Crippen molar-refractivity contribution in [3.8, 4) is 0 Å². The summed E-state index contributed by atoms with van der Waals surface area (Å²) in [7, 11) is -3.37. The first kappa shape index (κ1) is 20.5. The van der Waals surface area contributed by atoms with E-state index in [0.29, 0.717) is 15.9 Å². The fourth-order valence-corrected chi connectivity index (χ4v) is 5.18. The Kier molecular flexibility index (Phi) is 6.15. The van der Waals surface area contributed by atoms with Crippen molar-refractivity contribution in [2.24, 2.45) is 0 Å². The molecule has 0 saturated heterocycles. The van der Waals surface area contributed by atoms with Gasteiger partial charge in [0.1, 0.15) is 0 Å². The quantitative estimate of drug-likeness (QED) is 0.593. The van der Waals surface area contributed by atoms with E-state index >= 15 is 0 Å². The van der Waals surface area contributed by atoms with Crippen molar-refractivity contribution in [1.82, 2.24) is 4.98 Å². The number of nitrogens with one attached hydrogen (secondary N) is 1. The van der Waals surface area contributed by atoms with Crippen LogP contribution in [0.3, 0.4) is 0 Å². The van der Waals surface area contributed by atoms with E-state index in [1.807, 2.05) is 25.1 Å². The largest absolute Gasteiger partial charge is 0.302 e. The van der Waals surface area contributed by atoms with Crippen molar-refractivity contribution < 1.29 is 13.2 Å². The van der Waals surface area contributed by atoms with Gasteiger partial charge in [-0.25, -0.2) is 13.4 Å². The Labute approximate surface area is 169 Å². The van der Waals surface area contributed by atoms with Gasteiger partial charge in [-0.2, -0.15) is 0 Å². The topological polar surface area (TPSA) is 76.1 Å². The number of anilines is 1. The van der Waals surface area contributed by atoms with E-state index in [9.17, 15) is 13.2 Å². The van der Waals surface area contributed by atoms with Gasteiger partial charge in [0.25, 0.3) is 0 Å². The number of aryl methyl sites for hydroxylation is 1. The number of thiazole rings is 1. The van der Waals surface area contributed by atoms with Crippen LogP contribution in [0.5, 0.6) is 0 Å². The molecule has 28 heavy (non-hydrogen) atoms. The Morgan fingerprint density at radius 2 is 1.86 bits per heavy atom. The van der Waals surface area contributed by atoms with Gasteiger partial charge in [-0.1, -0.05) is 55.0 Å². The summed E-state index contributed by atoms with van der Waals surface area (Å²) < 4.78 is 25.8. The Bertz CT molecular complexity index is 1080. The lowest BCUT2D eigenvalue weighted by atomic mass is 10.0. The Morgan fingerprint density at radius 3 is 2.54 bits per heavy atom. The molecule has 0 spiro atoms. The fourth-order valence-electron chi connectivity index (χ4n) is 2.96. The highest BCUT2D eigenvalue weighted by Crippen LogP contribution is 2.31. The molecule has 0 aliphatic heterocycles. The minimum Gasteiger partial charge on any atom is -0.302 e. The maximum Gasteiger partial charge on any atom is 0.226 e. The van der Waals surface area contributed by atoms with Crippen LogP contribution < -0.4 is 5.32 Å². The lowest BCUT2D eigenvalue weighted by Gasteiger charge is -2.05. The van der Waals surface area contributed by atoms with Gasteiger partial charge in [0.15, 0.2) is 15.0 Å². The van der Waals surface area contributed by atoms with Crippen molar-refractivity contribution >= 4 is 42.4 Å². The van der Waals surface area contributed by atoms with Crippen molar-refractivity contribution in [1.29, 1.82) is 0 Å². The molecule has 2 aromatic carbocycles. The smallest absolute Gasteiger partial charge is 0.226 e. The van der Waals surface area contributed by atoms with Crippen LogP contribution in [0.4, 0.5) is 5.13 Å². The number of para-hydroxylation sites is 1. The molecule has 1 amide bonds. The lowest BCUT2D eigenvalue weighted by molar-refractivity contribution is -0.116. The van der Waals surface area contributed by atoms with E-state index < -0.39 is 9.84 Å². The van der Waals surface area contributed by atoms with Crippen LogP contribution in [0.2, 0.25) is 0 Å². The maximum absolute atomic E-state index is 12.4. The molecule has 0 fully saturated rings. The van der Waals surface area contributed by atoms with Crippen LogP contribution in [-0.4, -0.2) is 25.1 Å². The first-order valence-electron chi connectivity index (χ1n) is 9.25. The number of amides is 1. The predicted octanol–water partition coefficient (Wildman–Crippen LogP) is 4.92. The summed E-state index contributed by atoms with van der Waals surface area (Å²) >= 11 is 1.43. The van der Waals surface area contributed by atoms with E-state index in [1.165, 1.54) is 11.3 Å². The van der Waals surface area contributed by atoms with Crippen molar-refractivity contribution in [3.63, 3.8) is 0 Å². The maximum atomic E-state index is 12.4. The van der Waals surface area contributed by atoms with Crippen molar-refractivity contribution in [3.05, 3.63) is 53.6 Å². The van der Waals surface area contributed by atoms with Gasteiger partial charge in [-0.15, -0.1) is 0 Å². The van der Waals surface area contributed by atoms with Crippen LogP contribution >= 0.6 is 11.3 Å². The number of hydrogen-bond donors (Lipinski definition) is 1. The molecule has 148 valence electrons. The first-order valence-corrected chi connectivity index (χ1v) is 11.7. The van der Waals surface area contributed by atoms with Crippen LogP contribution in [0, 0.1) is 6.92 Å². The number of sulfone groups is 1. The summed E-state index contributed by atoms with van der Waals surface area (Å²) in [5.41, 5.74) is 3.08. The third-order valence-electron chi connectivity index (χ3n) is 4.52. The average Bonchev–Trinajstić information content (AvgIpc) is 3.03. The Morgan fingerprint density at radius 1 is 1.14 bits per heavy atom. The number of rotatable bonds is 7. The molecule has 3 rings (SSSR count). The minimum absolute atomic E-state index is 0.0547. The van der Waals surface area contributed by atoms with E-state index in [4.69, 9.17) is 0 Å². The summed E-state index contributed by atoms with van der Waals surface area (Å²) in [6.45, 7) is 6.13. The summed E-state index contributed by atoms with van der Waals surface area (Å²) in [4.78, 5) is 17.1. The van der Waals surface area contributed by atoms with Crippen molar-refractivity contribution in [2.45, 2.75) is 44.4 Å². The highest BCUT2D eigenvalue weighted by Gasteiger charge is 2.16. The third kappa shape index (κ3) is 4.77. The van der Waals surface area contributed by atoms with Gasteiger partial charge >= 0.3 is 0 Å². The number of hydrogen-bond acceptors (Lipinski definition) is 5. The Balaban J connectivity index is 1.59. The van der Waals surface area contributed by atoms with Gasteiger partial charge in [-0.3, -0.25) is 4.79 Å². The molecule has 0 unspecified atom stereocenters. The molecule has 0 aliphatic carbocycles. The second-order valence-corrected chi connectivity index (χ2v) is 10.3. The zero-order chi connectivity index (χ0) is 20.3. The zero-order valence-corrected chi connectivity index (χ0v) is 17.9. The molecule has 0 atom stereocenters. The van der Waals surface area contributed by atoms with Crippen LogP contribution in [-0.2, 0) is 14.6 Å². The number of benzene rings is 2. The molecule has 5 nitrogen and oxygen atoms in total. The van der Waals surface area contributed by atoms with Gasteiger partial charge in [0.05, 0.1) is 20.9 Å². The van der Waals surface area contributed by atoms with E-state index in [0.717, 1.165) is 21.3 Å². The molecule has 0 bridgehead atoms. The number of aromatic nitrogens is 1. The van der Waals surface area contributed by atoms with Crippen LogP contribution in [0.25, 0.3) is 10.2 Å². The monoisotopic (exact) mass is 416 g/mol. The number of carbonyl (C=O) groups is 1. The van der Waals surface area contributed by atoms with Crippen LogP contribution in [0.1, 0.15) is 43.7 Å². The van der Waals surface area contributed by atoms with Gasteiger partial charge < -0.3 is 5.32 Å². The molecular weight excluding hydrogens is 392 g/mol. The van der Waals surface area contributed by atoms with Gasteiger partial charge in [0.2, 0.25) is 5.91 Å². The fraction of sp³-hybridized carbons (Fsp3) is 0.333. The molecule has 0 aliphatic rings. The molecule has 1 N–H and O–H groups in total. The second kappa shape index (κ2) is 8.41. The summed E-state index contributed by atoms with van der Waals surface area (Å²) in [6.07, 6.45) is 0.405. The second-order valence-electron chi connectivity index (χ2n) is 7.15. The molecule has 1 heterocycles. The van der Waals surface area contributed by atoms with Crippen molar-refractivity contribution in [2.75, 3.05) is 11.1 Å². The summed E-state index contributed by atoms with van der Waals surface area (Å²) in [5.74, 6) is 0.0754. The Hall–Kier alpha value is -2.25. The average molecular weight is 417 g/mol. The summed E-state index contributed by atoms with van der Waals surface area (Å²) in [6, 6.07) is 12.8. The minimum atomic E-state index is -3.37. The molecule has 0 saturated carbocycles. The number of nitrogens with zero attached hydrogens (tertiary/aromatic N) is 1. The highest BCUT2D eigenvalue weighted by molar-refractivity contribution is 7.91. The molecular formula is C21H24N2O3S2. The van der Waals surface area contributed by atoms with Gasteiger partial charge in [0, 0.05) is 6.42 Å². The predicted molar refractivity (Wildman–Crippen MR) is 115 cm³/mol. The van der Waals surface area contributed by atoms with E-state index in [1.54, 1.807) is 24.3 Å². The number of fused-ring (bicyclic) bond motifs is 1. The molecule has 3 aromatic rings. The third-order valence-corrected chi connectivity index (χ3v) is 7.27. The lowest BCUT2D eigenvalue weighted by Crippen LogP contribution is -2.14. The van der Waals surface area contributed by atoms with Crippen LogP contribution in [0.15, 0.2) is 47.4 Å². The van der Waals surface area contributed by atoms with E-state index in [-0.39, 0.29) is 24.5 Å². The highest BCUT2D eigenvalue weighted by atomic mass is 32.2. The summed E-state index contributed by atoms with van der Waals surface area (Å²) in [5, 5.41) is 3.36. The molecule has 1 aromatic heterocycles. The zero-order valence-electron chi connectivity index (χ0n) is 16.2. The SMILES string of the molecule is Cc1ccc(S(=O)(=O)CCCC(=O)Nc2nc3c(C(C)C)cccc3s2)cc1. The van der Waals surface area contributed by atoms with Gasteiger partial charge in [-0.05, 0) is 43.0 Å². The molecule has 0 radical (unpaired) electrons. The van der Waals surface area contributed by atoms with E-state index in [2.05, 4.69) is 24.1 Å². The standard InChI is InChI=1S/C21H24N2O3S2/c1-14(2)17-6-4-7-18-20(17)23-21(27-18)22-19(24)8-5-13-28(25,26)16-11-9-15(3)10-12-16/h4,6-7,9-12,14H,5,8,13H2,1-3H3,(H,22,23,24). The molecule has 7 heteroatoms.